The van der Waals surface area contributed by atoms with E-state index in [1.54, 1.807) is 0 Å². The molecule has 0 saturated heterocycles. The van der Waals surface area contributed by atoms with E-state index in [-0.39, 0.29) is 0 Å². The van der Waals surface area contributed by atoms with E-state index in [2.05, 4.69) is 137 Å². The molecule has 0 bridgehead atoms. The van der Waals surface area contributed by atoms with Crippen molar-refractivity contribution in [2.45, 2.75) is 6.92 Å². The monoisotopic (exact) mass is 491 g/mol. The normalized spacial score (nSPS) is 11.5. The third-order valence-electron chi connectivity index (χ3n) is 5.47. The summed E-state index contributed by atoms with van der Waals surface area (Å²) in [6.45, 7) is 6.32. The van der Waals surface area contributed by atoms with Crippen LogP contribution in [0.2, 0.25) is 0 Å². The summed E-state index contributed by atoms with van der Waals surface area (Å²) >= 11 is 3.56. The Labute approximate surface area is 205 Å². The second-order valence-corrected chi connectivity index (χ2v) is 8.58. The molecule has 0 fully saturated rings. The molecule has 0 aromatic heterocycles. The molecule has 0 atom stereocenters. The molecule has 0 spiro atoms. The van der Waals surface area contributed by atoms with Crippen molar-refractivity contribution in [3.05, 3.63) is 150 Å². The summed E-state index contributed by atoms with van der Waals surface area (Å²) in [6.07, 6.45) is 6.33. The minimum Gasteiger partial charge on any atom is -0.311 e. The predicted molar refractivity (Wildman–Crippen MR) is 147 cm³/mol. The van der Waals surface area contributed by atoms with Gasteiger partial charge in [0.2, 0.25) is 0 Å². The molecular formula is C31H26BrN. The Kier molecular flexibility index (Phi) is 7.39. The fraction of sp³-hybridized carbons (Fsp3) is 0.0323. The minimum absolute atomic E-state index is 0.977. The topological polar surface area (TPSA) is 3.24 Å². The van der Waals surface area contributed by atoms with Gasteiger partial charge in [0.25, 0.3) is 0 Å². The highest BCUT2D eigenvalue weighted by Crippen LogP contribution is 2.33. The van der Waals surface area contributed by atoms with Crippen LogP contribution in [0, 0.1) is 0 Å². The highest BCUT2D eigenvalue weighted by molar-refractivity contribution is 9.10. The average Bonchev–Trinajstić information content (AvgIpc) is 2.88. The van der Waals surface area contributed by atoms with Gasteiger partial charge in [-0.2, -0.15) is 0 Å². The van der Waals surface area contributed by atoms with Crippen molar-refractivity contribution in [3.63, 3.8) is 0 Å². The van der Waals surface area contributed by atoms with Crippen LogP contribution in [0.25, 0.3) is 16.7 Å². The van der Waals surface area contributed by atoms with Crippen molar-refractivity contribution >= 4 is 32.9 Å². The molecule has 0 aliphatic heterocycles. The van der Waals surface area contributed by atoms with Crippen LogP contribution >= 0.6 is 15.9 Å². The number of nitrogens with zero attached hydrogens (tertiary/aromatic N) is 1. The molecule has 0 heterocycles. The standard InChI is InChI=1S/C31H26BrN/c1-3-29(19-14-24(2)25-10-6-4-7-11-25)33(31-22-17-28(32)18-23-31)30-20-15-27(16-21-30)26-12-8-5-9-13-26/h3-23H,2H2,1H3/b19-14-,29-3+. The smallest absolute Gasteiger partial charge is 0.0462 e. The van der Waals surface area contributed by atoms with E-state index >= 15 is 0 Å². The molecule has 2 heteroatoms. The van der Waals surface area contributed by atoms with Crippen LogP contribution in [0.3, 0.4) is 0 Å². The van der Waals surface area contributed by atoms with E-state index in [1.807, 2.05) is 24.3 Å². The van der Waals surface area contributed by atoms with Gasteiger partial charge in [0.1, 0.15) is 0 Å². The zero-order valence-electron chi connectivity index (χ0n) is 18.7. The molecule has 0 radical (unpaired) electrons. The lowest BCUT2D eigenvalue weighted by Gasteiger charge is -2.26. The molecule has 0 aliphatic rings. The number of benzene rings is 4. The largest absolute Gasteiger partial charge is 0.311 e. The highest BCUT2D eigenvalue weighted by Gasteiger charge is 2.13. The molecule has 33 heavy (non-hydrogen) atoms. The quantitative estimate of drug-likeness (QED) is 0.232. The van der Waals surface area contributed by atoms with Crippen molar-refractivity contribution in [3.8, 4) is 11.1 Å². The van der Waals surface area contributed by atoms with Gasteiger partial charge in [-0.15, -0.1) is 0 Å². The molecule has 0 unspecified atom stereocenters. The van der Waals surface area contributed by atoms with Crippen LogP contribution in [-0.4, -0.2) is 0 Å². The predicted octanol–water partition coefficient (Wildman–Crippen LogP) is 9.43. The second-order valence-electron chi connectivity index (χ2n) is 7.66. The Balaban J connectivity index is 1.69. The summed E-state index contributed by atoms with van der Waals surface area (Å²) in [6, 6.07) is 37.8. The maximum atomic E-state index is 4.25. The number of hydrogen-bond acceptors (Lipinski definition) is 1. The number of anilines is 2. The van der Waals surface area contributed by atoms with Gasteiger partial charge in [-0.1, -0.05) is 107 Å². The van der Waals surface area contributed by atoms with Crippen molar-refractivity contribution in [2.75, 3.05) is 4.90 Å². The van der Waals surface area contributed by atoms with Gasteiger partial charge >= 0.3 is 0 Å². The minimum atomic E-state index is 0.977. The molecule has 0 amide bonds. The van der Waals surface area contributed by atoms with Crippen LogP contribution < -0.4 is 4.90 Å². The summed E-state index contributed by atoms with van der Waals surface area (Å²) in [7, 11) is 0. The fourth-order valence-electron chi connectivity index (χ4n) is 3.71. The first-order valence-electron chi connectivity index (χ1n) is 11.0. The van der Waals surface area contributed by atoms with Crippen LogP contribution in [0.15, 0.2) is 144 Å². The van der Waals surface area contributed by atoms with Gasteiger partial charge in [-0.05, 0) is 71.7 Å². The van der Waals surface area contributed by atoms with Gasteiger partial charge in [-0.25, -0.2) is 0 Å². The molecule has 0 N–H and O–H groups in total. The lowest BCUT2D eigenvalue weighted by Crippen LogP contribution is -2.15. The van der Waals surface area contributed by atoms with Gasteiger partial charge < -0.3 is 4.90 Å². The third-order valence-corrected chi connectivity index (χ3v) is 6.00. The maximum Gasteiger partial charge on any atom is 0.0462 e. The number of hydrogen-bond donors (Lipinski definition) is 0. The summed E-state index contributed by atoms with van der Waals surface area (Å²) in [5, 5.41) is 0. The van der Waals surface area contributed by atoms with Crippen LogP contribution in [0.1, 0.15) is 12.5 Å². The summed E-state index contributed by atoms with van der Waals surface area (Å²) < 4.78 is 1.06. The average molecular weight is 492 g/mol. The van der Waals surface area contributed by atoms with E-state index in [0.717, 1.165) is 32.7 Å². The van der Waals surface area contributed by atoms with Gasteiger partial charge in [0, 0.05) is 21.5 Å². The van der Waals surface area contributed by atoms with Crippen molar-refractivity contribution in [2.24, 2.45) is 0 Å². The lowest BCUT2D eigenvalue weighted by atomic mass is 10.0. The first-order chi connectivity index (χ1) is 16.2. The van der Waals surface area contributed by atoms with Gasteiger partial charge in [0.15, 0.2) is 0 Å². The Hall–Kier alpha value is -3.62. The molecule has 0 saturated carbocycles. The Morgan fingerprint density at radius 2 is 1.18 bits per heavy atom. The van der Waals surface area contributed by atoms with Crippen LogP contribution in [0.5, 0.6) is 0 Å². The van der Waals surface area contributed by atoms with E-state index in [1.165, 1.54) is 11.1 Å². The van der Waals surface area contributed by atoms with Gasteiger partial charge in [-0.3, -0.25) is 0 Å². The Bertz CT molecular complexity index is 1250. The SMILES string of the molecule is C=C(/C=C\C(=C/C)N(c1ccc(Br)cc1)c1ccc(-c2ccccc2)cc1)c1ccccc1. The van der Waals surface area contributed by atoms with Gasteiger partial charge in [0.05, 0.1) is 0 Å². The Morgan fingerprint density at radius 3 is 1.76 bits per heavy atom. The van der Waals surface area contributed by atoms with Crippen molar-refractivity contribution < 1.29 is 0 Å². The third kappa shape index (κ3) is 5.60. The summed E-state index contributed by atoms with van der Waals surface area (Å²) in [4.78, 5) is 2.26. The molecule has 4 rings (SSSR count). The zero-order valence-corrected chi connectivity index (χ0v) is 20.2. The van der Waals surface area contributed by atoms with E-state index < -0.39 is 0 Å². The molecule has 4 aromatic carbocycles. The number of halogens is 1. The maximum absolute atomic E-state index is 4.25. The molecule has 0 aliphatic carbocycles. The second kappa shape index (κ2) is 10.8. The lowest BCUT2D eigenvalue weighted by molar-refractivity contribution is 1.20. The van der Waals surface area contributed by atoms with Crippen molar-refractivity contribution in [1.29, 1.82) is 0 Å². The van der Waals surface area contributed by atoms with Crippen LogP contribution in [0.4, 0.5) is 11.4 Å². The number of allylic oxidation sites excluding steroid dienone is 4. The van der Waals surface area contributed by atoms with Crippen LogP contribution in [-0.2, 0) is 0 Å². The molecule has 162 valence electrons. The molecule has 1 nitrogen and oxygen atoms in total. The van der Waals surface area contributed by atoms with E-state index in [0.29, 0.717) is 0 Å². The summed E-state index contributed by atoms with van der Waals surface area (Å²) in [5.41, 5.74) is 7.77. The number of rotatable bonds is 7. The summed E-state index contributed by atoms with van der Waals surface area (Å²) in [5.74, 6) is 0. The molecule has 4 aromatic rings. The van der Waals surface area contributed by atoms with E-state index in [9.17, 15) is 0 Å². The van der Waals surface area contributed by atoms with Crippen molar-refractivity contribution in [1.82, 2.24) is 0 Å². The van der Waals surface area contributed by atoms with E-state index in [4.69, 9.17) is 0 Å². The first-order valence-corrected chi connectivity index (χ1v) is 11.7. The fourth-order valence-corrected chi connectivity index (χ4v) is 3.97. The first kappa shape index (κ1) is 22.6. The highest BCUT2D eigenvalue weighted by atomic mass is 79.9. The molecular weight excluding hydrogens is 466 g/mol. The zero-order chi connectivity index (χ0) is 23.0. The Morgan fingerprint density at radius 1 is 0.667 bits per heavy atom.